The number of piperidine rings is 1. The number of benzene rings is 1. The van der Waals surface area contributed by atoms with E-state index in [1.807, 2.05) is 17.0 Å². The predicted octanol–water partition coefficient (Wildman–Crippen LogP) is 3.27. The quantitative estimate of drug-likeness (QED) is 0.900. The highest BCUT2D eigenvalue weighted by Crippen LogP contribution is 2.32. The number of likely N-dealkylation sites (tertiary alicyclic amines) is 1. The van der Waals surface area contributed by atoms with E-state index in [-0.39, 0.29) is 12.2 Å². The molecule has 138 valence electrons. The van der Waals surface area contributed by atoms with Crippen molar-refractivity contribution in [3.63, 3.8) is 0 Å². The highest BCUT2D eigenvalue weighted by Gasteiger charge is 2.32. The summed E-state index contributed by atoms with van der Waals surface area (Å²) in [5.41, 5.74) is 4.62. The van der Waals surface area contributed by atoms with Crippen LogP contribution in [-0.2, 0) is 22.3 Å². The second-order valence-electron chi connectivity index (χ2n) is 7.76. The summed E-state index contributed by atoms with van der Waals surface area (Å²) < 4.78 is 11.3. The van der Waals surface area contributed by atoms with Gasteiger partial charge in [-0.1, -0.05) is 12.1 Å². The zero-order valence-corrected chi connectivity index (χ0v) is 15.1. The Hall–Kier alpha value is -1.85. The molecule has 0 atom stereocenters. The van der Waals surface area contributed by atoms with Crippen LogP contribution in [0.5, 0.6) is 0 Å². The summed E-state index contributed by atoms with van der Waals surface area (Å²) >= 11 is 0. The predicted molar refractivity (Wildman–Crippen MR) is 99.3 cm³/mol. The SMILES string of the molecule is O=C(c1cccc2c3c([nH]c12)CCCC3)N1CCC(C2OCCO2)CC1. The van der Waals surface area contributed by atoms with Crippen LogP contribution in [0.25, 0.3) is 10.9 Å². The minimum atomic E-state index is -0.0641. The molecule has 5 rings (SSSR count). The zero-order valence-electron chi connectivity index (χ0n) is 15.1. The van der Waals surface area contributed by atoms with E-state index in [9.17, 15) is 4.79 Å². The Balaban J connectivity index is 1.36. The van der Waals surface area contributed by atoms with E-state index in [0.29, 0.717) is 19.1 Å². The van der Waals surface area contributed by atoms with Crippen LogP contribution in [0.3, 0.4) is 0 Å². The van der Waals surface area contributed by atoms with Gasteiger partial charge >= 0.3 is 0 Å². The largest absolute Gasteiger partial charge is 0.358 e. The molecule has 3 aliphatic rings. The number of H-pyrrole nitrogens is 1. The molecule has 1 amide bonds. The third kappa shape index (κ3) is 2.74. The van der Waals surface area contributed by atoms with Crippen LogP contribution in [-0.4, -0.2) is 48.4 Å². The number of carbonyl (C=O) groups is 1. The maximum absolute atomic E-state index is 13.2. The average molecular weight is 354 g/mol. The molecule has 1 N–H and O–H groups in total. The maximum Gasteiger partial charge on any atom is 0.255 e. The number of fused-ring (bicyclic) bond motifs is 3. The van der Waals surface area contributed by atoms with E-state index in [0.717, 1.165) is 49.9 Å². The van der Waals surface area contributed by atoms with Gasteiger partial charge in [0.1, 0.15) is 0 Å². The fraction of sp³-hybridized carbons (Fsp3) is 0.571. The molecule has 2 fully saturated rings. The zero-order chi connectivity index (χ0) is 17.5. The van der Waals surface area contributed by atoms with Crippen molar-refractivity contribution in [3.8, 4) is 0 Å². The number of rotatable bonds is 2. The smallest absolute Gasteiger partial charge is 0.255 e. The number of carbonyl (C=O) groups excluding carboxylic acids is 1. The lowest BCUT2D eigenvalue weighted by atomic mass is 9.94. The first-order chi connectivity index (χ1) is 12.8. The van der Waals surface area contributed by atoms with Gasteiger partial charge in [-0.3, -0.25) is 4.79 Å². The summed E-state index contributed by atoms with van der Waals surface area (Å²) in [7, 11) is 0. The van der Waals surface area contributed by atoms with Crippen LogP contribution in [0.1, 0.15) is 47.3 Å². The number of hydrogen-bond donors (Lipinski definition) is 1. The van der Waals surface area contributed by atoms with Crippen molar-refractivity contribution in [1.82, 2.24) is 9.88 Å². The van der Waals surface area contributed by atoms with Crippen molar-refractivity contribution in [2.45, 2.75) is 44.8 Å². The second-order valence-corrected chi connectivity index (χ2v) is 7.76. The molecule has 26 heavy (non-hydrogen) atoms. The number of aromatic nitrogens is 1. The second kappa shape index (κ2) is 6.71. The third-order valence-electron chi connectivity index (χ3n) is 6.22. The lowest BCUT2D eigenvalue weighted by molar-refractivity contribution is -0.0956. The Morgan fingerprint density at radius 1 is 1.08 bits per heavy atom. The molecule has 1 aromatic carbocycles. The van der Waals surface area contributed by atoms with Crippen molar-refractivity contribution in [2.75, 3.05) is 26.3 Å². The summed E-state index contributed by atoms with van der Waals surface area (Å²) in [5, 5.41) is 1.24. The van der Waals surface area contributed by atoms with Crippen LogP contribution in [0, 0.1) is 5.92 Å². The molecular weight excluding hydrogens is 328 g/mol. The molecule has 5 heteroatoms. The third-order valence-corrected chi connectivity index (χ3v) is 6.22. The summed E-state index contributed by atoms with van der Waals surface area (Å²) in [5.74, 6) is 0.566. The first kappa shape index (κ1) is 16.3. The van der Waals surface area contributed by atoms with Crippen molar-refractivity contribution in [1.29, 1.82) is 0 Å². The van der Waals surface area contributed by atoms with E-state index < -0.39 is 0 Å². The minimum Gasteiger partial charge on any atom is -0.358 e. The highest BCUT2D eigenvalue weighted by atomic mass is 16.7. The molecule has 0 saturated carbocycles. The molecule has 0 radical (unpaired) electrons. The number of para-hydroxylation sites is 1. The number of ether oxygens (including phenoxy) is 2. The Labute approximate surface area is 153 Å². The summed E-state index contributed by atoms with van der Waals surface area (Å²) in [6, 6.07) is 6.17. The molecule has 2 aliphatic heterocycles. The first-order valence-electron chi connectivity index (χ1n) is 9.96. The van der Waals surface area contributed by atoms with E-state index >= 15 is 0 Å². The van der Waals surface area contributed by atoms with Gasteiger partial charge in [0.2, 0.25) is 0 Å². The van der Waals surface area contributed by atoms with Crippen LogP contribution < -0.4 is 0 Å². The van der Waals surface area contributed by atoms with Gasteiger partial charge in [0, 0.05) is 30.1 Å². The van der Waals surface area contributed by atoms with Crippen molar-refractivity contribution in [2.24, 2.45) is 5.92 Å². The standard InChI is InChI=1S/C21H26N2O3/c24-20(23-10-8-14(9-11-23)21-25-12-13-26-21)17-6-3-5-16-15-4-1-2-7-18(15)22-19(16)17/h3,5-6,14,21-22H,1-2,4,7-13H2. The summed E-state index contributed by atoms with van der Waals surface area (Å²) in [6.07, 6.45) is 6.55. The Bertz CT molecular complexity index is 814. The van der Waals surface area contributed by atoms with Gasteiger partial charge < -0.3 is 19.4 Å². The monoisotopic (exact) mass is 354 g/mol. The number of hydrogen-bond acceptors (Lipinski definition) is 3. The molecule has 0 bridgehead atoms. The molecule has 1 aromatic heterocycles. The summed E-state index contributed by atoms with van der Waals surface area (Å²) in [6.45, 7) is 2.96. The van der Waals surface area contributed by atoms with Gasteiger partial charge in [-0.05, 0) is 50.2 Å². The van der Waals surface area contributed by atoms with E-state index in [1.165, 1.54) is 29.5 Å². The van der Waals surface area contributed by atoms with Gasteiger partial charge in [-0.15, -0.1) is 0 Å². The molecule has 0 spiro atoms. The van der Waals surface area contributed by atoms with Crippen LogP contribution in [0.15, 0.2) is 18.2 Å². The number of nitrogens with zero attached hydrogens (tertiary/aromatic N) is 1. The Morgan fingerprint density at radius 3 is 2.65 bits per heavy atom. The molecule has 5 nitrogen and oxygen atoms in total. The van der Waals surface area contributed by atoms with Gasteiger partial charge in [-0.25, -0.2) is 0 Å². The van der Waals surface area contributed by atoms with E-state index in [4.69, 9.17) is 9.47 Å². The van der Waals surface area contributed by atoms with Crippen LogP contribution in [0.4, 0.5) is 0 Å². The fourth-order valence-electron chi connectivity index (χ4n) is 4.80. The fourth-order valence-corrected chi connectivity index (χ4v) is 4.80. The molecule has 1 aliphatic carbocycles. The van der Waals surface area contributed by atoms with Crippen molar-refractivity contribution >= 4 is 16.8 Å². The number of nitrogens with one attached hydrogen (secondary N) is 1. The van der Waals surface area contributed by atoms with Crippen molar-refractivity contribution < 1.29 is 14.3 Å². The lowest BCUT2D eigenvalue weighted by Gasteiger charge is -2.34. The molecule has 2 aromatic rings. The number of aryl methyl sites for hydroxylation is 2. The van der Waals surface area contributed by atoms with Gasteiger partial charge in [0.05, 0.1) is 24.3 Å². The van der Waals surface area contributed by atoms with Crippen LogP contribution >= 0.6 is 0 Å². The molecule has 3 heterocycles. The normalized spacial score (nSPS) is 22.1. The van der Waals surface area contributed by atoms with Crippen LogP contribution in [0.2, 0.25) is 0 Å². The minimum absolute atomic E-state index is 0.0641. The first-order valence-corrected chi connectivity index (χ1v) is 9.96. The number of amides is 1. The molecule has 2 saturated heterocycles. The topological polar surface area (TPSA) is 54.6 Å². The van der Waals surface area contributed by atoms with Gasteiger partial charge in [0.15, 0.2) is 6.29 Å². The maximum atomic E-state index is 13.2. The lowest BCUT2D eigenvalue weighted by Crippen LogP contribution is -2.41. The molecule has 0 unspecified atom stereocenters. The molecular formula is C21H26N2O3. The van der Waals surface area contributed by atoms with Crippen molar-refractivity contribution in [3.05, 3.63) is 35.0 Å². The van der Waals surface area contributed by atoms with Gasteiger partial charge in [0.25, 0.3) is 5.91 Å². The van der Waals surface area contributed by atoms with E-state index in [1.54, 1.807) is 0 Å². The average Bonchev–Trinajstić information content (AvgIpc) is 3.35. The summed E-state index contributed by atoms with van der Waals surface area (Å²) in [4.78, 5) is 18.8. The Morgan fingerprint density at radius 2 is 1.85 bits per heavy atom. The highest BCUT2D eigenvalue weighted by molar-refractivity contribution is 6.06. The van der Waals surface area contributed by atoms with Gasteiger partial charge in [-0.2, -0.15) is 0 Å². The Kier molecular flexibility index (Phi) is 4.21. The van der Waals surface area contributed by atoms with E-state index in [2.05, 4.69) is 11.1 Å². The number of aromatic amines is 1.